The van der Waals surface area contributed by atoms with Crippen LogP contribution in [0.3, 0.4) is 0 Å². The Hall–Kier alpha value is -1.31. The summed E-state index contributed by atoms with van der Waals surface area (Å²) in [6.45, 7) is 4.33. The highest BCUT2D eigenvalue weighted by molar-refractivity contribution is 5.79. The van der Waals surface area contributed by atoms with E-state index in [1.54, 1.807) is 0 Å². The van der Waals surface area contributed by atoms with Crippen LogP contribution in [0.2, 0.25) is 0 Å². The normalized spacial score (nSPS) is 16.6. The average molecular weight is 288 g/mol. The van der Waals surface area contributed by atoms with E-state index >= 15 is 0 Å². The first-order valence-electron chi connectivity index (χ1n) is 8.52. The Morgan fingerprint density at radius 2 is 1.86 bits per heavy atom. The van der Waals surface area contributed by atoms with Gasteiger partial charge >= 0.3 is 0 Å². The molecule has 2 rings (SSSR count). The maximum atomic E-state index is 11.1. The van der Waals surface area contributed by atoms with Gasteiger partial charge in [-0.25, -0.2) is 0 Å². The van der Waals surface area contributed by atoms with Gasteiger partial charge in [-0.05, 0) is 25.3 Å². The molecule has 0 saturated heterocycles. The molecule has 0 N–H and O–H groups in total. The summed E-state index contributed by atoms with van der Waals surface area (Å²) in [6, 6.07) is 4.04. The van der Waals surface area contributed by atoms with Crippen molar-refractivity contribution in [3.05, 3.63) is 28.8 Å². The van der Waals surface area contributed by atoms with Crippen LogP contribution in [0.25, 0.3) is 0 Å². The number of fused-ring (bicyclic) bond motifs is 1. The van der Waals surface area contributed by atoms with Crippen LogP contribution in [0, 0.1) is 0 Å². The van der Waals surface area contributed by atoms with Gasteiger partial charge in [-0.15, -0.1) is 0 Å². The van der Waals surface area contributed by atoms with E-state index in [0.717, 1.165) is 36.0 Å². The second-order valence-corrected chi connectivity index (χ2v) is 6.24. The van der Waals surface area contributed by atoms with E-state index < -0.39 is 0 Å². The van der Waals surface area contributed by atoms with Crippen LogP contribution >= 0.6 is 0 Å². The number of aldehydes is 1. The predicted octanol–water partition coefficient (Wildman–Crippen LogP) is 5.12. The lowest BCUT2D eigenvalue weighted by Gasteiger charge is -2.10. The van der Waals surface area contributed by atoms with Crippen molar-refractivity contribution in [1.82, 2.24) is 0 Å². The number of carbonyl (C=O) groups is 1. The molecule has 1 heterocycles. The standard InChI is InChI=1S/C19H28O2/c1-3-4-5-6-7-8-9-10-16-11-12-17(14-20)18-13-15(2)21-19(16)18/h11-12,14-15H,3-10,13H2,1-2H3. The van der Waals surface area contributed by atoms with Crippen molar-refractivity contribution in [2.45, 2.75) is 77.7 Å². The average Bonchev–Trinajstić information content (AvgIpc) is 2.88. The molecule has 0 saturated carbocycles. The van der Waals surface area contributed by atoms with Gasteiger partial charge in [0.15, 0.2) is 0 Å². The molecule has 1 atom stereocenters. The van der Waals surface area contributed by atoms with Crippen LogP contribution in [0.15, 0.2) is 12.1 Å². The van der Waals surface area contributed by atoms with Gasteiger partial charge in [0.05, 0.1) is 0 Å². The van der Waals surface area contributed by atoms with Crippen LogP contribution in [0.4, 0.5) is 0 Å². The smallest absolute Gasteiger partial charge is 0.150 e. The Morgan fingerprint density at radius 1 is 1.14 bits per heavy atom. The number of hydrogen-bond acceptors (Lipinski definition) is 2. The van der Waals surface area contributed by atoms with Gasteiger partial charge in [0.2, 0.25) is 0 Å². The van der Waals surface area contributed by atoms with E-state index in [1.807, 2.05) is 6.07 Å². The van der Waals surface area contributed by atoms with Gasteiger partial charge in [-0.2, -0.15) is 0 Å². The summed E-state index contributed by atoms with van der Waals surface area (Å²) in [7, 11) is 0. The van der Waals surface area contributed by atoms with E-state index in [0.29, 0.717) is 0 Å². The zero-order valence-corrected chi connectivity index (χ0v) is 13.5. The van der Waals surface area contributed by atoms with Gasteiger partial charge in [-0.3, -0.25) is 4.79 Å². The Balaban J connectivity index is 1.84. The van der Waals surface area contributed by atoms with Crippen LogP contribution in [0.5, 0.6) is 5.75 Å². The summed E-state index contributed by atoms with van der Waals surface area (Å²) in [4.78, 5) is 11.1. The lowest BCUT2D eigenvalue weighted by Crippen LogP contribution is -2.06. The number of aryl methyl sites for hydroxylation is 1. The van der Waals surface area contributed by atoms with Gasteiger partial charge in [-0.1, -0.05) is 57.6 Å². The van der Waals surface area contributed by atoms with E-state index in [4.69, 9.17) is 4.74 Å². The molecule has 1 unspecified atom stereocenters. The van der Waals surface area contributed by atoms with Gasteiger partial charge in [0, 0.05) is 17.5 Å². The molecule has 2 heteroatoms. The molecule has 1 aliphatic rings. The fourth-order valence-corrected chi connectivity index (χ4v) is 3.16. The molecule has 0 spiro atoms. The summed E-state index contributed by atoms with van der Waals surface area (Å²) in [5.74, 6) is 0.998. The monoisotopic (exact) mass is 288 g/mol. The molecule has 1 aromatic carbocycles. The first kappa shape index (κ1) is 16.1. The van der Waals surface area contributed by atoms with Crippen molar-refractivity contribution in [1.29, 1.82) is 0 Å². The Bertz CT molecular complexity index is 465. The van der Waals surface area contributed by atoms with Crippen molar-refractivity contribution in [3.63, 3.8) is 0 Å². The highest BCUT2D eigenvalue weighted by atomic mass is 16.5. The number of hydrogen-bond donors (Lipinski definition) is 0. The molecule has 0 bridgehead atoms. The molecule has 0 aliphatic carbocycles. The Kier molecular flexibility index (Phi) is 6.28. The first-order valence-corrected chi connectivity index (χ1v) is 8.52. The molecule has 0 radical (unpaired) electrons. The number of carbonyl (C=O) groups excluding carboxylic acids is 1. The number of rotatable bonds is 9. The van der Waals surface area contributed by atoms with Crippen LogP contribution in [-0.4, -0.2) is 12.4 Å². The molecule has 1 aliphatic heterocycles. The summed E-state index contributed by atoms with van der Waals surface area (Å²) in [5, 5.41) is 0. The van der Waals surface area contributed by atoms with Crippen molar-refractivity contribution in [2.24, 2.45) is 0 Å². The lowest BCUT2D eigenvalue weighted by molar-refractivity contribution is 0.112. The largest absolute Gasteiger partial charge is 0.490 e. The predicted molar refractivity (Wildman–Crippen MR) is 87.3 cm³/mol. The van der Waals surface area contributed by atoms with Crippen molar-refractivity contribution >= 4 is 6.29 Å². The third-order valence-electron chi connectivity index (χ3n) is 4.37. The number of ether oxygens (including phenoxy) is 1. The van der Waals surface area contributed by atoms with E-state index in [1.165, 1.54) is 50.5 Å². The quantitative estimate of drug-likeness (QED) is 0.466. The van der Waals surface area contributed by atoms with E-state index in [9.17, 15) is 4.79 Å². The maximum Gasteiger partial charge on any atom is 0.150 e. The Morgan fingerprint density at radius 3 is 2.57 bits per heavy atom. The van der Waals surface area contributed by atoms with Crippen molar-refractivity contribution < 1.29 is 9.53 Å². The molecule has 1 aromatic rings. The van der Waals surface area contributed by atoms with Crippen LogP contribution in [0.1, 0.15) is 80.3 Å². The molecule has 116 valence electrons. The summed E-state index contributed by atoms with van der Waals surface area (Å²) in [5.41, 5.74) is 3.21. The first-order chi connectivity index (χ1) is 10.3. The molecular formula is C19H28O2. The minimum atomic E-state index is 0.203. The zero-order valence-electron chi connectivity index (χ0n) is 13.5. The van der Waals surface area contributed by atoms with Crippen LogP contribution in [-0.2, 0) is 12.8 Å². The van der Waals surface area contributed by atoms with Gasteiger partial charge in [0.25, 0.3) is 0 Å². The van der Waals surface area contributed by atoms with Crippen molar-refractivity contribution in [2.75, 3.05) is 0 Å². The number of benzene rings is 1. The fraction of sp³-hybridized carbons (Fsp3) is 0.632. The molecule has 0 aromatic heterocycles. The number of unbranched alkanes of at least 4 members (excludes halogenated alkanes) is 6. The molecular weight excluding hydrogens is 260 g/mol. The summed E-state index contributed by atoms with van der Waals surface area (Å²) >= 11 is 0. The second-order valence-electron chi connectivity index (χ2n) is 6.24. The summed E-state index contributed by atoms with van der Waals surface area (Å²) < 4.78 is 5.93. The second kappa shape index (κ2) is 8.21. The lowest BCUT2D eigenvalue weighted by atomic mass is 9.97. The van der Waals surface area contributed by atoms with Crippen molar-refractivity contribution in [3.8, 4) is 5.75 Å². The van der Waals surface area contributed by atoms with Gasteiger partial charge < -0.3 is 4.74 Å². The highest BCUT2D eigenvalue weighted by Crippen LogP contribution is 2.35. The molecule has 0 fully saturated rings. The molecule has 2 nitrogen and oxygen atoms in total. The fourth-order valence-electron chi connectivity index (χ4n) is 3.16. The van der Waals surface area contributed by atoms with E-state index in [-0.39, 0.29) is 6.10 Å². The zero-order chi connectivity index (χ0) is 15.1. The minimum absolute atomic E-state index is 0.203. The Labute approximate surface area is 128 Å². The summed E-state index contributed by atoms with van der Waals surface area (Å²) in [6.07, 6.45) is 12.4. The SMILES string of the molecule is CCCCCCCCCc1ccc(C=O)c2c1OC(C)C2. The minimum Gasteiger partial charge on any atom is -0.490 e. The van der Waals surface area contributed by atoms with E-state index in [2.05, 4.69) is 19.9 Å². The topological polar surface area (TPSA) is 26.3 Å². The maximum absolute atomic E-state index is 11.1. The molecule has 0 amide bonds. The van der Waals surface area contributed by atoms with Gasteiger partial charge in [0.1, 0.15) is 18.1 Å². The molecule has 21 heavy (non-hydrogen) atoms. The third kappa shape index (κ3) is 4.33. The highest BCUT2D eigenvalue weighted by Gasteiger charge is 2.24. The van der Waals surface area contributed by atoms with Crippen LogP contribution < -0.4 is 4.74 Å². The third-order valence-corrected chi connectivity index (χ3v) is 4.37.